The number of rotatable bonds is 21. The number of benzene rings is 2. The first-order valence-electron chi connectivity index (χ1n) is 18.3. The molecule has 1 fully saturated rings. The Labute approximate surface area is 323 Å². The van der Waals surface area contributed by atoms with E-state index in [0.717, 1.165) is 24.0 Å². The standard InChI is InChI=1S/C38H53ClN6O8S/c1-25(2)53-33-23-29(28-10-14-45(15-11-28)36(47)13-17-51-19-21-52-20-18-50-16-12-35(40)46)27(5)22-32(33)43-38-41-24-30(39)37(44-38)42-31-8-6-7-9-34(31)54(48,49)26(3)4/h6-9,22-26,28H,10-21H2,1-5H3,(H2,40,46)(H2,41,42,43,44). The van der Waals surface area contributed by atoms with Crippen molar-refractivity contribution in [1.82, 2.24) is 14.9 Å². The summed E-state index contributed by atoms with van der Waals surface area (Å²) in [5.74, 6) is 1.06. The lowest BCUT2D eigenvalue weighted by molar-refractivity contribution is -0.133. The molecule has 4 rings (SSSR count). The lowest BCUT2D eigenvalue weighted by Gasteiger charge is -2.33. The number of carbonyl (C=O) groups is 2. The molecule has 2 heterocycles. The van der Waals surface area contributed by atoms with Crippen molar-refractivity contribution in [1.29, 1.82) is 0 Å². The van der Waals surface area contributed by atoms with Crippen molar-refractivity contribution in [2.24, 2.45) is 5.73 Å². The van der Waals surface area contributed by atoms with Crippen LogP contribution in [-0.2, 0) is 33.6 Å². The van der Waals surface area contributed by atoms with Crippen molar-refractivity contribution in [2.45, 2.75) is 82.5 Å². The van der Waals surface area contributed by atoms with Crippen LogP contribution in [0.25, 0.3) is 0 Å². The summed E-state index contributed by atoms with van der Waals surface area (Å²) in [6, 6.07) is 10.7. The molecule has 0 atom stereocenters. The Bertz CT molecular complexity index is 1820. The molecule has 0 bridgehead atoms. The van der Waals surface area contributed by atoms with Crippen LogP contribution < -0.4 is 21.1 Å². The number of anilines is 4. The van der Waals surface area contributed by atoms with Crippen LogP contribution in [0.2, 0.25) is 5.02 Å². The van der Waals surface area contributed by atoms with Gasteiger partial charge in [-0.05, 0) is 88.8 Å². The van der Waals surface area contributed by atoms with E-state index in [1.165, 1.54) is 6.20 Å². The van der Waals surface area contributed by atoms with Crippen LogP contribution in [-0.4, -0.2) is 99.2 Å². The third kappa shape index (κ3) is 12.5. The second-order valence-corrected chi connectivity index (χ2v) is 16.4. The maximum atomic E-state index is 13.0. The van der Waals surface area contributed by atoms with Crippen LogP contribution >= 0.6 is 11.6 Å². The molecule has 14 nitrogen and oxygen atoms in total. The molecule has 0 aliphatic carbocycles. The molecule has 0 spiro atoms. The fourth-order valence-corrected chi connectivity index (χ4v) is 7.24. The lowest BCUT2D eigenvalue weighted by atomic mass is 9.86. The number of piperidine rings is 1. The minimum Gasteiger partial charge on any atom is -0.489 e. The van der Waals surface area contributed by atoms with Crippen molar-refractivity contribution >= 4 is 56.4 Å². The summed E-state index contributed by atoms with van der Waals surface area (Å²) in [5, 5.41) is 5.99. The molecule has 16 heteroatoms. The topological polar surface area (TPSA) is 184 Å². The van der Waals surface area contributed by atoms with Gasteiger partial charge in [-0.3, -0.25) is 9.59 Å². The number of hydrogen-bond acceptors (Lipinski definition) is 12. The second kappa shape index (κ2) is 20.6. The number of carbonyl (C=O) groups excluding carboxylic acids is 2. The predicted octanol–water partition coefficient (Wildman–Crippen LogP) is 5.92. The molecule has 1 saturated heterocycles. The first-order chi connectivity index (χ1) is 25.8. The van der Waals surface area contributed by atoms with E-state index in [9.17, 15) is 18.0 Å². The average Bonchev–Trinajstić information content (AvgIpc) is 3.12. The van der Waals surface area contributed by atoms with Gasteiger partial charge in [0, 0.05) is 19.5 Å². The number of aryl methyl sites for hydroxylation is 1. The van der Waals surface area contributed by atoms with Gasteiger partial charge >= 0.3 is 0 Å². The van der Waals surface area contributed by atoms with Crippen molar-refractivity contribution in [3.63, 3.8) is 0 Å². The van der Waals surface area contributed by atoms with Crippen molar-refractivity contribution < 1.29 is 37.0 Å². The summed E-state index contributed by atoms with van der Waals surface area (Å²) < 4.78 is 48.6. The fourth-order valence-electron chi connectivity index (χ4n) is 5.90. The first-order valence-corrected chi connectivity index (χ1v) is 20.2. The highest BCUT2D eigenvalue weighted by Crippen LogP contribution is 2.38. The highest BCUT2D eigenvalue weighted by atomic mass is 35.5. The third-order valence-corrected chi connectivity index (χ3v) is 11.3. The number of nitrogens with one attached hydrogen (secondary N) is 2. The van der Waals surface area contributed by atoms with Gasteiger partial charge in [0.05, 0.1) is 79.9 Å². The van der Waals surface area contributed by atoms with E-state index in [4.69, 9.17) is 36.3 Å². The van der Waals surface area contributed by atoms with E-state index >= 15 is 0 Å². The molecule has 296 valence electrons. The van der Waals surface area contributed by atoms with Crippen molar-refractivity contribution in [3.8, 4) is 5.75 Å². The maximum Gasteiger partial charge on any atom is 0.229 e. The van der Waals surface area contributed by atoms with E-state index in [0.29, 0.717) is 69.7 Å². The molecule has 2 aromatic carbocycles. The Morgan fingerprint density at radius 1 is 0.926 bits per heavy atom. The summed E-state index contributed by atoms with van der Waals surface area (Å²) in [5.41, 5.74) is 8.33. The Balaban J connectivity index is 1.33. The number of halogens is 1. The number of para-hydroxylation sites is 1. The highest BCUT2D eigenvalue weighted by molar-refractivity contribution is 7.92. The van der Waals surface area contributed by atoms with Crippen LogP contribution in [0.4, 0.5) is 23.1 Å². The number of hydrogen-bond donors (Lipinski definition) is 3. The summed E-state index contributed by atoms with van der Waals surface area (Å²) >= 11 is 6.47. The lowest BCUT2D eigenvalue weighted by Crippen LogP contribution is -2.38. The normalized spacial score (nSPS) is 13.7. The molecule has 0 saturated carbocycles. The molecular formula is C38H53ClN6O8S. The van der Waals surface area contributed by atoms with Gasteiger partial charge in [-0.1, -0.05) is 23.7 Å². The predicted molar refractivity (Wildman–Crippen MR) is 209 cm³/mol. The van der Waals surface area contributed by atoms with Crippen LogP contribution in [0.15, 0.2) is 47.5 Å². The van der Waals surface area contributed by atoms with Gasteiger partial charge in [0.2, 0.25) is 17.8 Å². The van der Waals surface area contributed by atoms with Gasteiger partial charge in [-0.15, -0.1) is 0 Å². The second-order valence-electron chi connectivity index (χ2n) is 13.6. The molecular weight excluding hydrogens is 736 g/mol. The molecule has 4 N–H and O–H groups in total. The molecule has 0 unspecified atom stereocenters. The van der Waals surface area contributed by atoms with E-state index in [-0.39, 0.29) is 52.6 Å². The van der Waals surface area contributed by atoms with E-state index in [1.807, 2.05) is 24.8 Å². The number of aromatic nitrogens is 2. The van der Waals surface area contributed by atoms with Gasteiger partial charge in [0.1, 0.15) is 10.8 Å². The zero-order chi connectivity index (χ0) is 39.3. The Morgan fingerprint density at radius 2 is 1.56 bits per heavy atom. The van der Waals surface area contributed by atoms with Gasteiger partial charge < -0.3 is 40.2 Å². The number of nitrogens with two attached hydrogens (primary N) is 1. The molecule has 54 heavy (non-hydrogen) atoms. The molecule has 1 aliphatic rings. The highest BCUT2D eigenvalue weighted by Gasteiger charge is 2.27. The maximum absolute atomic E-state index is 13.0. The molecule has 2 amide bonds. The fraction of sp³-hybridized carbons (Fsp3) is 0.526. The third-order valence-electron chi connectivity index (χ3n) is 8.77. The van der Waals surface area contributed by atoms with Gasteiger partial charge in [0.25, 0.3) is 0 Å². The smallest absolute Gasteiger partial charge is 0.229 e. The van der Waals surface area contributed by atoms with Crippen molar-refractivity contribution in [2.75, 3.05) is 63.4 Å². The molecule has 3 aromatic rings. The monoisotopic (exact) mass is 788 g/mol. The van der Waals surface area contributed by atoms with Crippen LogP contribution in [0, 0.1) is 6.92 Å². The number of likely N-dealkylation sites (tertiary alicyclic amines) is 1. The minimum atomic E-state index is -3.57. The van der Waals surface area contributed by atoms with E-state index in [2.05, 4.69) is 33.6 Å². The summed E-state index contributed by atoms with van der Waals surface area (Å²) in [7, 11) is -3.57. The zero-order valence-electron chi connectivity index (χ0n) is 31.7. The van der Waals surface area contributed by atoms with E-state index in [1.54, 1.807) is 38.1 Å². The zero-order valence-corrected chi connectivity index (χ0v) is 33.3. The molecule has 0 radical (unpaired) electrons. The number of primary amides is 1. The summed E-state index contributed by atoms with van der Waals surface area (Å²) in [6.45, 7) is 12.7. The summed E-state index contributed by atoms with van der Waals surface area (Å²) in [4.78, 5) is 34.6. The van der Waals surface area contributed by atoms with Gasteiger partial charge in [0.15, 0.2) is 15.7 Å². The average molecular weight is 789 g/mol. The molecule has 1 aromatic heterocycles. The minimum absolute atomic E-state index is 0.0687. The quantitative estimate of drug-likeness (QED) is 0.109. The van der Waals surface area contributed by atoms with Gasteiger partial charge in [-0.2, -0.15) is 4.98 Å². The van der Waals surface area contributed by atoms with E-state index < -0.39 is 21.0 Å². The van der Waals surface area contributed by atoms with Crippen LogP contribution in [0.1, 0.15) is 70.4 Å². The summed E-state index contributed by atoms with van der Waals surface area (Å²) in [6.07, 6.45) is 3.48. The Morgan fingerprint density at radius 3 is 2.19 bits per heavy atom. The largest absolute Gasteiger partial charge is 0.489 e. The number of sulfone groups is 1. The number of nitrogens with zero attached hydrogens (tertiary/aromatic N) is 3. The Kier molecular flexibility index (Phi) is 16.3. The SMILES string of the molecule is Cc1cc(Nc2ncc(Cl)c(Nc3ccccc3S(=O)(=O)C(C)C)n2)c(OC(C)C)cc1C1CCN(C(=O)CCOCCOCCOCCC(N)=O)CC1. The first kappa shape index (κ1) is 42.7. The van der Waals surface area contributed by atoms with Gasteiger partial charge in [-0.25, -0.2) is 13.4 Å². The Hall–Kier alpha value is -4.02. The van der Waals surface area contributed by atoms with Crippen molar-refractivity contribution in [3.05, 3.63) is 58.7 Å². The number of amides is 2. The number of ether oxygens (including phenoxy) is 4. The van der Waals surface area contributed by atoms with Crippen LogP contribution in [0.5, 0.6) is 5.75 Å². The van der Waals surface area contributed by atoms with Crippen LogP contribution in [0.3, 0.4) is 0 Å². The molecule has 1 aliphatic heterocycles.